The van der Waals surface area contributed by atoms with Gasteiger partial charge in [0.05, 0.1) is 5.52 Å². The Morgan fingerprint density at radius 2 is 1.87 bits per heavy atom. The highest BCUT2D eigenvalue weighted by atomic mass is 32.1. The summed E-state index contributed by atoms with van der Waals surface area (Å²) in [5.74, 6) is 1.03. The summed E-state index contributed by atoms with van der Waals surface area (Å²) in [6, 6.07) is 13.4. The van der Waals surface area contributed by atoms with Crippen LogP contribution in [0, 0.1) is 0 Å². The molecule has 0 radical (unpaired) electrons. The first-order valence-corrected chi connectivity index (χ1v) is 9.69. The fourth-order valence-corrected chi connectivity index (χ4v) is 4.13. The molecule has 0 aliphatic carbocycles. The molecule has 7 nitrogen and oxygen atoms in total. The van der Waals surface area contributed by atoms with E-state index >= 15 is 0 Å². The van der Waals surface area contributed by atoms with Gasteiger partial charge in [-0.05, 0) is 46.9 Å². The molecule has 5 N–H and O–H groups in total. The van der Waals surface area contributed by atoms with Gasteiger partial charge in [-0.2, -0.15) is 0 Å². The largest absolute Gasteiger partial charge is 0.573 e. The number of nitrogens with zero attached hydrogens (tertiary/aromatic N) is 2. The van der Waals surface area contributed by atoms with Crippen molar-refractivity contribution < 1.29 is 23.4 Å². The molecular formula is C19H14F3N6OS+. The molecule has 11 heteroatoms. The molecule has 0 saturated heterocycles. The van der Waals surface area contributed by atoms with E-state index in [0.29, 0.717) is 17.3 Å². The monoisotopic (exact) mass is 431 g/mol. The average molecular weight is 431 g/mol. The van der Waals surface area contributed by atoms with Crippen LogP contribution in [0.1, 0.15) is 5.56 Å². The molecule has 2 aromatic heterocycles. The Labute approximate surface area is 171 Å². The summed E-state index contributed by atoms with van der Waals surface area (Å²) in [4.78, 5) is 4.76. The van der Waals surface area contributed by atoms with Crippen molar-refractivity contribution in [2.75, 3.05) is 5.32 Å². The van der Waals surface area contributed by atoms with Gasteiger partial charge in [-0.1, -0.05) is 17.7 Å². The normalized spacial score (nSPS) is 14.0. The van der Waals surface area contributed by atoms with Crippen LogP contribution in [0.15, 0.2) is 59.0 Å². The van der Waals surface area contributed by atoms with Gasteiger partial charge < -0.3 is 10.1 Å². The lowest BCUT2D eigenvalue weighted by Gasteiger charge is -2.12. The van der Waals surface area contributed by atoms with Crippen molar-refractivity contribution in [1.29, 1.82) is 0 Å². The molecule has 0 spiro atoms. The van der Waals surface area contributed by atoms with Gasteiger partial charge in [0.25, 0.3) is 0 Å². The van der Waals surface area contributed by atoms with Crippen LogP contribution in [0.3, 0.4) is 0 Å². The number of alkyl halides is 3. The zero-order valence-corrected chi connectivity index (χ0v) is 15.9. The van der Waals surface area contributed by atoms with Crippen molar-refractivity contribution in [3.8, 4) is 5.75 Å². The minimum Gasteiger partial charge on any atom is -0.406 e. The first-order valence-electron chi connectivity index (χ1n) is 8.81. The number of aromatic nitrogens is 1. The van der Waals surface area contributed by atoms with Crippen LogP contribution in [-0.4, -0.2) is 17.2 Å². The quantitative estimate of drug-likeness (QED) is 0.373. The maximum atomic E-state index is 12.4. The fraction of sp³-hybridized carbons (Fsp3) is 0.0526. The van der Waals surface area contributed by atoms with Crippen LogP contribution in [0.4, 0.5) is 24.7 Å². The van der Waals surface area contributed by atoms with E-state index in [2.05, 4.69) is 26.1 Å². The molecule has 1 aliphatic heterocycles. The highest BCUT2D eigenvalue weighted by Gasteiger charge is 2.31. The first-order chi connectivity index (χ1) is 14.5. The molecule has 2 aromatic carbocycles. The predicted molar refractivity (Wildman–Crippen MR) is 108 cm³/mol. The maximum Gasteiger partial charge on any atom is 0.573 e. The highest BCUT2D eigenvalue weighted by Crippen LogP contribution is 2.35. The Balaban J connectivity index is 1.52. The van der Waals surface area contributed by atoms with Crippen LogP contribution in [0.2, 0.25) is 0 Å². The van der Waals surface area contributed by atoms with E-state index in [0.717, 1.165) is 26.6 Å². The lowest BCUT2D eigenvalue weighted by Crippen LogP contribution is -2.87. The number of nitrogens with two attached hydrogens (primary N) is 1. The van der Waals surface area contributed by atoms with E-state index in [1.165, 1.54) is 24.3 Å². The summed E-state index contributed by atoms with van der Waals surface area (Å²) in [6.45, 7) is 0. The number of hydrogen-bond acceptors (Lipinski definition) is 7. The van der Waals surface area contributed by atoms with E-state index in [9.17, 15) is 13.2 Å². The zero-order valence-electron chi connectivity index (χ0n) is 15.1. The molecule has 0 fully saturated rings. The smallest absolute Gasteiger partial charge is 0.406 e. The highest BCUT2D eigenvalue weighted by molar-refractivity contribution is 7.18. The SMILES string of the molecule is FC(F)(F)Oc1ccc(Nc2nc3cc(C4=N[NH2+]NN4)ccc3c3sccc23)cc1. The molecule has 0 atom stereocenters. The molecule has 5 rings (SSSR count). The number of hydrogen-bond donors (Lipinski definition) is 4. The summed E-state index contributed by atoms with van der Waals surface area (Å²) in [6.07, 6.45) is -4.72. The second-order valence-electron chi connectivity index (χ2n) is 6.43. The Bertz CT molecular complexity index is 1270. The molecular weight excluding hydrogens is 417 g/mol. The zero-order chi connectivity index (χ0) is 20.7. The maximum absolute atomic E-state index is 12.4. The Morgan fingerprint density at radius 1 is 1.03 bits per heavy atom. The van der Waals surface area contributed by atoms with Crippen LogP contribution in [0.25, 0.3) is 21.0 Å². The van der Waals surface area contributed by atoms with Crippen LogP contribution in [0.5, 0.6) is 5.75 Å². The number of quaternary nitrogens is 1. The van der Waals surface area contributed by atoms with Gasteiger partial charge in [0.2, 0.25) is 5.84 Å². The second kappa shape index (κ2) is 7.13. The molecule has 0 amide bonds. The van der Waals surface area contributed by atoms with Gasteiger partial charge in [-0.15, -0.1) is 30.0 Å². The minimum atomic E-state index is -4.72. The van der Waals surface area contributed by atoms with Gasteiger partial charge in [-0.25, -0.2) is 4.98 Å². The molecule has 3 heterocycles. The lowest BCUT2D eigenvalue weighted by molar-refractivity contribution is -0.713. The number of rotatable bonds is 4. The summed E-state index contributed by atoms with van der Waals surface area (Å²) in [5.41, 5.74) is 9.59. The topological polar surface area (TPSA) is 87.2 Å². The number of fused-ring (bicyclic) bond motifs is 3. The molecule has 0 unspecified atom stereocenters. The van der Waals surface area contributed by atoms with Crippen molar-refractivity contribution in [3.05, 3.63) is 59.5 Å². The second-order valence-corrected chi connectivity index (χ2v) is 7.35. The summed E-state index contributed by atoms with van der Waals surface area (Å²) < 4.78 is 42.1. The Morgan fingerprint density at radius 3 is 2.60 bits per heavy atom. The van der Waals surface area contributed by atoms with Crippen LogP contribution < -0.4 is 26.5 Å². The van der Waals surface area contributed by atoms with Gasteiger partial charge in [0, 0.05) is 26.7 Å². The third-order valence-electron chi connectivity index (χ3n) is 4.47. The van der Waals surface area contributed by atoms with E-state index in [-0.39, 0.29) is 5.75 Å². The molecule has 4 aromatic rings. The van der Waals surface area contributed by atoms with Crippen LogP contribution in [-0.2, 0) is 0 Å². The van der Waals surface area contributed by atoms with Gasteiger partial charge >= 0.3 is 6.36 Å². The number of pyridine rings is 1. The molecule has 1 aliphatic rings. The van der Waals surface area contributed by atoms with Crippen molar-refractivity contribution in [2.24, 2.45) is 5.10 Å². The van der Waals surface area contributed by atoms with E-state index in [4.69, 9.17) is 4.98 Å². The number of thiophene rings is 1. The third kappa shape index (κ3) is 3.61. The van der Waals surface area contributed by atoms with E-state index < -0.39 is 6.36 Å². The molecule has 30 heavy (non-hydrogen) atoms. The third-order valence-corrected chi connectivity index (χ3v) is 5.42. The number of benzene rings is 2. The first kappa shape index (κ1) is 18.6. The molecule has 0 saturated carbocycles. The average Bonchev–Trinajstić information content (AvgIpc) is 3.40. The molecule has 152 valence electrons. The van der Waals surface area contributed by atoms with Gasteiger partial charge in [0.15, 0.2) is 0 Å². The summed E-state index contributed by atoms with van der Waals surface area (Å²) in [7, 11) is 0. The lowest BCUT2D eigenvalue weighted by atomic mass is 10.1. The van der Waals surface area contributed by atoms with Crippen molar-refractivity contribution in [2.45, 2.75) is 6.36 Å². The number of ether oxygens (including phenoxy) is 1. The number of anilines is 2. The van der Waals surface area contributed by atoms with E-state index in [1.54, 1.807) is 16.9 Å². The summed E-state index contributed by atoms with van der Waals surface area (Å²) >= 11 is 1.60. The van der Waals surface area contributed by atoms with Gasteiger partial charge in [0.1, 0.15) is 11.6 Å². The number of halogens is 3. The predicted octanol–water partition coefficient (Wildman–Crippen LogP) is 3.34. The van der Waals surface area contributed by atoms with Crippen molar-refractivity contribution in [3.63, 3.8) is 0 Å². The number of hydrazine groups is 1. The van der Waals surface area contributed by atoms with E-state index in [1.807, 2.05) is 29.6 Å². The fourth-order valence-electron chi connectivity index (χ4n) is 3.20. The summed E-state index contributed by atoms with van der Waals surface area (Å²) in [5, 5.41) is 11.3. The Kier molecular flexibility index (Phi) is 4.42. The van der Waals surface area contributed by atoms with Crippen LogP contribution >= 0.6 is 11.3 Å². The Hall–Kier alpha value is -3.41. The van der Waals surface area contributed by atoms with Crippen molar-refractivity contribution >= 4 is 49.7 Å². The number of nitrogens with one attached hydrogen (secondary N) is 3. The molecule has 0 bridgehead atoms. The van der Waals surface area contributed by atoms with Gasteiger partial charge in [-0.3, -0.25) is 5.43 Å². The van der Waals surface area contributed by atoms with Crippen molar-refractivity contribution in [1.82, 2.24) is 15.9 Å². The standard InChI is InChI=1S/C19H13F3N6OS/c20-19(21,22)29-12-4-2-11(3-5-12)23-18-14-7-8-30-16(14)13-6-1-10(9-15(13)24-18)17-25-27-28-26-17/h1-9,27-28H,(H,23,24)(H,25,26)/p+1. The minimum absolute atomic E-state index is 0.278. The number of amidine groups is 1.